The van der Waals surface area contributed by atoms with E-state index in [4.69, 9.17) is 11.5 Å². The Kier molecular flexibility index (Phi) is 36.8. The number of hydrogen-bond acceptors (Lipinski definition) is 6. The maximum atomic E-state index is 12.1. The predicted molar refractivity (Wildman–Crippen MR) is 287 cm³/mol. The molecule has 3 aromatic rings. The molecule has 0 atom stereocenters. The zero-order valence-corrected chi connectivity index (χ0v) is 53.0. The first-order valence-electron chi connectivity index (χ1n) is 17.7. The van der Waals surface area contributed by atoms with Gasteiger partial charge in [0.2, 0.25) is 5.91 Å². The average molecular weight is 1760 g/mol. The molecule has 2 fully saturated rings. The molecule has 0 radical (unpaired) electrons. The van der Waals surface area contributed by atoms with Crippen LogP contribution in [0, 0.1) is 15.4 Å². The Balaban J connectivity index is 0. The van der Waals surface area contributed by atoms with E-state index in [1.54, 1.807) is 0 Å². The fourth-order valence-electron chi connectivity index (χ4n) is 4.44. The van der Waals surface area contributed by atoms with Crippen LogP contribution in [-0.2, 0) is 45.9 Å². The molecule has 0 aromatic heterocycles. The van der Waals surface area contributed by atoms with Gasteiger partial charge in [0.05, 0.1) is 5.41 Å². The van der Waals surface area contributed by atoms with E-state index in [1.807, 2.05) is 24.3 Å². The van der Waals surface area contributed by atoms with E-state index in [0.717, 1.165) is 58.7 Å². The van der Waals surface area contributed by atoms with Crippen LogP contribution in [0.1, 0.15) is 91.2 Å². The van der Waals surface area contributed by atoms with Gasteiger partial charge in [0.25, 0.3) is 0 Å². The number of rotatable bonds is 6. The van der Waals surface area contributed by atoms with Crippen molar-refractivity contribution in [3.63, 3.8) is 0 Å². The van der Waals surface area contributed by atoms with Crippen molar-refractivity contribution in [2.75, 3.05) is 0 Å². The Morgan fingerprint density at radius 2 is 0.984 bits per heavy atom. The van der Waals surface area contributed by atoms with Gasteiger partial charge in [-0.3, -0.25) is 4.79 Å². The summed E-state index contributed by atoms with van der Waals surface area (Å²) in [6.45, 7) is 12.5. The Morgan fingerprint density at radius 3 is 1.23 bits per heavy atom. The summed E-state index contributed by atoms with van der Waals surface area (Å²) in [6.07, 6.45) is -4.40. The topological polar surface area (TPSA) is 122 Å². The third kappa shape index (κ3) is 29.9. The summed E-state index contributed by atoms with van der Waals surface area (Å²) in [5.74, 6) is -2.79. The molecule has 0 unspecified atom stereocenters. The molecule has 3 aromatic carbocycles. The van der Waals surface area contributed by atoms with Crippen molar-refractivity contribution in [1.29, 1.82) is 0 Å². The fourth-order valence-corrected chi connectivity index (χ4v) is 7.80. The summed E-state index contributed by atoms with van der Waals surface area (Å²) in [4.78, 5) is 32.5. The van der Waals surface area contributed by atoms with Gasteiger partial charge in [0.1, 0.15) is 0 Å². The molecule has 0 heterocycles. The van der Waals surface area contributed by atoms with Crippen LogP contribution in [0.5, 0.6) is 0 Å². The van der Waals surface area contributed by atoms with Gasteiger partial charge >= 0.3 is 235 Å². The van der Waals surface area contributed by atoms with Gasteiger partial charge in [-0.15, -0.1) is 0 Å². The number of nitrogens with two attached hydrogens (primary N) is 2. The zero-order valence-electron chi connectivity index (χ0n) is 34.1. The number of primary amides is 1. The van der Waals surface area contributed by atoms with E-state index >= 15 is 0 Å². The van der Waals surface area contributed by atoms with Crippen LogP contribution in [0.15, 0.2) is 87.8 Å². The van der Waals surface area contributed by atoms with Crippen LogP contribution in [0.2, 0.25) is 0 Å². The molecular formula is C39H47Br2F6I6N2O5V2-2. The van der Waals surface area contributed by atoms with Gasteiger partial charge < -0.3 is 23.3 Å². The standard InChI is InChI=1S/C11H12BrNO.C10H12BrN.C10H5F6IO4.2C4H9.5HI.2V/c12-9-4-2-8(3-5-9)11(10(13)14)6-1-7-11;11-9-4-2-8(3-5-9)10(12)6-1-7-10;11-9(12,13)7(18)20-17(6-4-2-1-3-5-6)21-8(19)10(14,15)16;2*1-4(2)3;;;;;;;/h2-5H,1,6-7H2,(H2,13,14);2-5H,1,6-7,12H2;1-5H;2*1-3H3;5*1H;;/q;;;2*-1;;;;;;+2;+3/p-5. The number of alkyl halides is 6. The molecule has 2 aliphatic carbocycles. The molecule has 62 heavy (non-hydrogen) atoms. The minimum absolute atomic E-state index is 0.0132. The number of carbonyl (C=O) groups excluding carboxylic acids is 3. The summed E-state index contributed by atoms with van der Waals surface area (Å²) in [5.41, 5.74) is 13.6. The van der Waals surface area contributed by atoms with Crippen molar-refractivity contribution in [2.24, 2.45) is 11.5 Å². The SMILES string of the molecule is C[C-](C)C.C[C-](C)C.NC(=O)C1(c2ccc(Br)cc2)CCC1.NC1(c2ccc(Br)cc2)CCC1.O=C(OI(OC(=O)C(F)(F)F)c1ccccc1)C(F)(F)F.[I][V]([I])[I].[I][V][I]. The maximum absolute atomic E-state index is 12.1. The average Bonchev–Trinajstić information content (AvgIpc) is 3.10. The summed E-state index contributed by atoms with van der Waals surface area (Å²) >= 11 is 14.7. The molecule has 0 saturated heterocycles. The molecule has 353 valence electrons. The molecule has 0 spiro atoms. The molecule has 2 aliphatic rings. The second-order valence-electron chi connectivity index (χ2n) is 13.8. The van der Waals surface area contributed by atoms with Crippen LogP contribution in [0.3, 0.4) is 0 Å². The molecule has 2 saturated carbocycles. The van der Waals surface area contributed by atoms with Crippen molar-refractivity contribution in [3.05, 3.63) is 114 Å². The van der Waals surface area contributed by atoms with Gasteiger partial charge in [-0.1, -0.05) is 62.5 Å². The summed E-state index contributed by atoms with van der Waals surface area (Å²) in [5, 5.41) is 0. The monoisotopic (exact) mass is 1760 g/mol. The molecular weight excluding hydrogens is 1710 g/mol. The Hall–Kier alpha value is 2.12. The summed E-state index contributed by atoms with van der Waals surface area (Å²) in [6, 6.07) is 22.4. The zero-order chi connectivity index (χ0) is 48.5. The van der Waals surface area contributed by atoms with Crippen LogP contribution in [0.25, 0.3) is 0 Å². The van der Waals surface area contributed by atoms with Crippen LogP contribution >= 0.6 is 152 Å². The molecule has 1 amide bonds. The Morgan fingerprint density at radius 1 is 0.677 bits per heavy atom. The van der Waals surface area contributed by atoms with Crippen molar-refractivity contribution >= 4 is 170 Å². The van der Waals surface area contributed by atoms with E-state index in [0.29, 0.717) is 9.47 Å². The number of carbonyl (C=O) groups is 3. The van der Waals surface area contributed by atoms with Gasteiger partial charge in [0, 0.05) is 14.5 Å². The van der Waals surface area contributed by atoms with Crippen LogP contribution in [-0.4, -0.2) is 30.2 Å². The van der Waals surface area contributed by atoms with Crippen molar-refractivity contribution < 1.29 is 61.2 Å². The Bertz CT molecular complexity index is 1670. The van der Waals surface area contributed by atoms with Gasteiger partial charge in [-0.05, 0) is 67.5 Å². The Labute approximate surface area is 453 Å². The molecule has 0 bridgehead atoms. The summed E-state index contributed by atoms with van der Waals surface area (Å²) < 4.78 is 82.3. The molecule has 5 rings (SSSR count). The van der Waals surface area contributed by atoms with Crippen LogP contribution < -0.4 is 11.5 Å². The third-order valence-electron chi connectivity index (χ3n) is 7.39. The van der Waals surface area contributed by atoms with Gasteiger partial charge in [-0.25, -0.2) is 0 Å². The van der Waals surface area contributed by atoms with E-state index in [-0.39, 0.29) is 25.4 Å². The van der Waals surface area contributed by atoms with Crippen molar-refractivity contribution in [1.82, 2.24) is 0 Å². The van der Waals surface area contributed by atoms with Crippen molar-refractivity contribution in [3.8, 4) is 0 Å². The van der Waals surface area contributed by atoms with E-state index in [9.17, 15) is 40.7 Å². The predicted octanol–water partition coefficient (Wildman–Crippen LogP) is 16.2. The van der Waals surface area contributed by atoms with Crippen molar-refractivity contribution in [2.45, 2.75) is 103 Å². The molecule has 7 nitrogen and oxygen atoms in total. The minimum atomic E-state index is -5.41. The van der Waals surface area contributed by atoms with E-state index in [1.165, 1.54) is 42.0 Å². The first-order valence-corrected chi connectivity index (χ1v) is 44.6. The second kappa shape index (κ2) is 34.4. The molecule has 4 N–H and O–H groups in total. The van der Waals surface area contributed by atoms with Gasteiger partial charge in [-0.2, -0.15) is 41.5 Å². The normalized spacial score (nSPS) is 14.3. The summed E-state index contributed by atoms with van der Waals surface area (Å²) in [7, 11) is 0.628. The number of halogens is 14. The van der Waals surface area contributed by atoms with Gasteiger partial charge in [0.15, 0.2) is 0 Å². The number of hydrogen-bond donors (Lipinski definition) is 2. The molecule has 0 aliphatic heterocycles. The number of benzene rings is 3. The van der Waals surface area contributed by atoms with E-state index < -0.39 is 44.9 Å². The van der Waals surface area contributed by atoms with Crippen LogP contribution in [0.4, 0.5) is 26.3 Å². The number of amides is 1. The van der Waals surface area contributed by atoms with E-state index in [2.05, 4.69) is 204 Å². The third-order valence-corrected chi connectivity index (χ3v) is 11.8. The first-order chi connectivity index (χ1) is 28.5. The second-order valence-corrected chi connectivity index (χ2v) is 66.2. The first kappa shape index (κ1) is 66.2. The molecule has 23 heteroatoms. The quantitative estimate of drug-likeness (QED) is 0.144. The fraction of sp³-hybridized carbons (Fsp3) is 0.410.